The summed E-state index contributed by atoms with van der Waals surface area (Å²) in [4.78, 5) is 40.0. The molecule has 2 aliphatic heterocycles. The molecule has 2 heterocycles. The molecule has 1 fully saturated rings. The quantitative estimate of drug-likeness (QED) is 0.756. The third-order valence-electron chi connectivity index (χ3n) is 4.78. The van der Waals surface area contributed by atoms with E-state index in [2.05, 4.69) is 0 Å². The van der Waals surface area contributed by atoms with Crippen molar-refractivity contribution in [1.29, 1.82) is 0 Å². The lowest BCUT2D eigenvalue weighted by Crippen LogP contribution is -2.44. The highest BCUT2D eigenvalue weighted by molar-refractivity contribution is 6.22. The van der Waals surface area contributed by atoms with Gasteiger partial charge in [0, 0.05) is 13.5 Å². The number of carbonyl (C=O) groups is 3. The predicted molar refractivity (Wildman–Crippen MR) is 96.1 cm³/mol. The van der Waals surface area contributed by atoms with E-state index >= 15 is 0 Å². The Kier molecular flexibility index (Phi) is 4.46. The number of carbonyl (C=O) groups excluding carboxylic acids is 3. The smallest absolute Gasteiger partial charge is 0.257 e. The fourth-order valence-corrected chi connectivity index (χ4v) is 3.40. The molecular weight excluding hydrogens is 367 g/mol. The van der Waals surface area contributed by atoms with E-state index in [4.69, 9.17) is 9.47 Å². The number of nitrogens with zero attached hydrogens (tertiary/aromatic N) is 2. The van der Waals surface area contributed by atoms with Crippen LogP contribution >= 0.6 is 0 Å². The first-order valence-electron chi connectivity index (χ1n) is 8.72. The summed E-state index contributed by atoms with van der Waals surface area (Å²) in [5.74, 6) is -0.543. The fourth-order valence-electron chi connectivity index (χ4n) is 3.40. The molecule has 0 radical (unpaired) electrons. The van der Waals surface area contributed by atoms with Gasteiger partial charge in [-0.05, 0) is 42.0 Å². The number of rotatable bonds is 4. The van der Waals surface area contributed by atoms with Crippen LogP contribution in [0.2, 0.25) is 0 Å². The van der Waals surface area contributed by atoms with E-state index in [1.54, 1.807) is 18.2 Å². The second kappa shape index (κ2) is 6.95. The summed E-state index contributed by atoms with van der Waals surface area (Å²) in [6, 6.07) is 9.44. The number of anilines is 1. The average molecular weight is 384 g/mol. The molecule has 2 aromatic rings. The van der Waals surface area contributed by atoms with Gasteiger partial charge in [-0.2, -0.15) is 0 Å². The van der Waals surface area contributed by atoms with Gasteiger partial charge in [0.25, 0.3) is 5.91 Å². The van der Waals surface area contributed by atoms with E-state index in [9.17, 15) is 18.8 Å². The molecular formula is C20H17FN2O5. The van der Waals surface area contributed by atoms with Crippen molar-refractivity contribution in [1.82, 2.24) is 4.90 Å². The highest BCUT2D eigenvalue weighted by atomic mass is 19.1. The monoisotopic (exact) mass is 384 g/mol. The molecule has 4 rings (SSSR count). The van der Waals surface area contributed by atoms with Crippen LogP contribution in [0.5, 0.6) is 11.5 Å². The molecule has 1 unspecified atom stereocenters. The van der Waals surface area contributed by atoms with Crippen LogP contribution < -0.4 is 14.4 Å². The van der Waals surface area contributed by atoms with Crippen molar-refractivity contribution >= 4 is 23.4 Å². The number of ether oxygens (including phenoxy) is 2. The summed E-state index contributed by atoms with van der Waals surface area (Å²) in [6.45, 7) is 1.63. The van der Waals surface area contributed by atoms with Gasteiger partial charge < -0.3 is 14.4 Å². The largest absolute Gasteiger partial charge is 0.454 e. The zero-order valence-corrected chi connectivity index (χ0v) is 15.1. The minimum Gasteiger partial charge on any atom is -0.454 e. The Bertz CT molecular complexity index is 960. The molecule has 28 heavy (non-hydrogen) atoms. The summed E-state index contributed by atoms with van der Waals surface area (Å²) in [5.41, 5.74) is 1.03. The number of amides is 3. The molecule has 7 nitrogen and oxygen atoms in total. The van der Waals surface area contributed by atoms with E-state index in [1.165, 1.54) is 36.1 Å². The molecule has 0 spiro atoms. The molecule has 0 aliphatic carbocycles. The second-order valence-electron chi connectivity index (χ2n) is 6.60. The maximum atomic E-state index is 13.2. The van der Waals surface area contributed by atoms with Gasteiger partial charge in [0.2, 0.25) is 18.6 Å². The SMILES string of the molecule is CC(=O)N(Cc1ccc2c(c1)OCO2)C1CC(=O)N(c2ccc(F)cc2)C1=O. The van der Waals surface area contributed by atoms with Crippen LogP contribution in [0.25, 0.3) is 0 Å². The second-order valence-corrected chi connectivity index (χ2v) is 6.60. The lowest BCUT2D eigenvalue weighted by molar-refractivity contribution is -0.137. The van der Waals surface area contributed by atoms with Crippen LogP contribution in [0.4, 0.5) is 10.1 Å². The Morgan fingerprint density at radius 1 is 1.14 bits per heavy atom. The van der Waals surface area contributed by atoms with E-state index in [-0.39, 0.29) is 31.4 Å². The van der Waals surface area contributed by atoms with Crippen LogP contribution in [0, 0.1) is 5.82 Å². The van der Waals surface area contributed by atoms with E-state index in [0.717, 1.165) is 10.5 Å². The molecule has 2 aliphatic rings. The Morgan fingerprint density at radius 2 is 1.86 bits per heavy atom. The van der Waals surface area contributed by atoms with Crippen molar-refractivity contribution < 1.29 is 28.2 Å². The van der Waals surface area contributed by atoms with Crippen molar-refractivity contribution in [2.75, 3.05) is 11.7 Å². The minimum atomic E-state index is -0.916. The zero-order chi connectivity index (χ0) is 19.8. The first kappa shape index (κ1) is 18.0. The van der Waals surface area contributed by atoms with Gasteiger partial charge in [0.1, 0.15) is 11.9 Å². The lowest BCUT2D eigenvalue weighted by atomic mass is 10.1. The van der Waals surface area contributed by atoms with Crippen LogP contribution in [-0.4, -0.2) is 35.5 Å². The van der Waals surface area contributed by atoms with Gasteiger partial charge in [-0.15, -0.1) is 0 Å². The number of halogens is 1. The Hall–Kier alpha value is -3.42. The highest BCUT2D eigenvalue weighted by Crippen LogP contribution is 2.33. The van der Waals surface area contributed by atoms with Crippen LogP contribution in [0.3, 0.4) is 0 Å². The maximum Gasteiger partial charge on any atom is 0.257 e. The van der Waals surface area contributed by atoms with Crippen LogP contribution in [-0.2, 0) is 20.9 Å². The summed E-state index contributed by atoms with van der Waals surface area (Å²) >= 11 is 0. The normalized spacial score (nSPS) is 17.9. The molecule has 144 valence electrons. The van der Waals surface area contributed by atoms with Gasteiger partial charge in [0.05, 0.1) is 12.1 Å². The summed E-state index contributed by atoms with van der Waals surface area (Å²) < 4.78 is 23.8. The first-order chi connectivity index (χ1) is 13.4. The van der Waals surface area contributed by atoms with Gasteiger partial charge >= 0.3 is 0 Å². The highest BCUT2D eigenvalue weighted by Gasteiger charge is 2.43. The van der Waals surface area contributed by atoms with Gasteiger partial charge in [-0.1, -0.05) is 6.07 Å². The summed E-state index contributed by atoms with van der Waals surface area (Å²) in [6.07, 6.45) is -0.125. The number of benzene rings is 2. The van der Waals surface area contributed by atoms with Crippen molar-refractivity contribution in [3.05, 3.63) is 53.8 Å². The van der Waals surface area contributed by atoms with E-state index < -0.39 is 23.7 Å². The first-order valence-corrected chi connectivity index (χ1v) is 8.72. The summed E-state index contributed by atoms with van der Waals surface area (Å²) in [5, 5.41) is 0. The van der Waals surface area contributed by atoms with Crippen molar-refractivity contribution in [3.63, 3.8) is 0 Å². The predicted octanol–water partition coefficient (Wildman–Crippen LogP) is 2.24. The number of imide groups is 1. The third-order valence-corrected chi connectivity index (χ3v) is 4.78. The molecule has 1 saturated heterocycles. The molecule has 3 amide bonds. The Labute approximate surface area is 160 Å². The Balaban J connectivity index is 1.58. The summed E-state index contributed by atoms with van der Waals surface area (Å²) in [7, 11) is 0. The average Bonchev–Trinajstić information content (AvgIpc) is 3.24. The Morgan fingerprint density at radius 3 is 2.57 bits per heavy atom. The van der Waals surface area contributed by atoms with Crippen LogP contribution in [0.15, 0.2) is 42.5 Å². The van der Waals surface area contributed by atoms with Gasteiger partial charge in [-0.3, -0.25) is 14.4 Å². The van der Waals surface area contributed by atoms with Crippen molar-refractivity contribution in [2.45, 2.75) is 25.9 Å². The topological polar surface area (TPSA) is 76.2 Å². The zero-order valence-electron chi connectivity index (χ0n) is 15.1. The van der Waals surface area contributed by atoms with Crippen molar-refractivity contribution in [2.24, 2.45) is 0 Å². The molecule has 0 bridgehead atoms. The van der Waals surface area contributed by atoms with E-state index in [1.807, 2.05) is 0 Å². The number of hydrogen-bond acceptors (Lipinski definition) is 5. The third kappa shape index (κ3) is 3.17. The van der Waals surface area contributed by atoms with Gasteiger partial charge in [0.15, 0.2) is 11.5 Å². The molecule has 0 saturated carbocycles. The van der Waals surface area contributed by atoms with E-state index in [0.29, 0.717) is 11.5 Å². The van der Waals surface area contributed by atoms with Crippen LogP contribution in [0.1, 0.15) is 18.9 Å². The number of hydrogen-bond donors (Lipinski definition) is 0. The molecule has 0 N–H and O–H groups in total. The molecule has 1 atom stereocenters. The molecule has 8 heteroatoms. The molecule has 2 aromatic carbocycles. The molecule has 0 aromatic heterocycles. The number of fused-ring (bicyclic) bond motifs is 1. The maximum absolute atomic E-state index is 13.2. The fraction of sp³-hybridized carbons (Fsp3) is 0.250. The minimum absolute atomic E-state index is 0.125. The standard InChI is InChI=1S/C20H17FN2O5/c1-12(24)22(10-13-2-7-17-18(8-13)28-11-27-17)16-9-19(25)23(20(16)26)15-5-3-14(21)4-6-15/h2-8,16H,9-11H2,1H3. The van der Waals surface area contributed by atoms with Gasteiger partial charge in [-0.25, -0.2) is 9.29 Å². The van der Waals surface area contributed by atoms with Crippen molar-refractivity contribution in [3.8, 4) is 11.5 Å². The lowest BCUT2D eigenvalue weighted by Gasteiger charge is -2.26.